The number of para-hydroxylation sites is 1. The van der Waals surface area contributed by atoms with Gasteiger partial charge in [-0.3, -0.25) is 9.36 Å². The number of pyridine rings is 1. The number of nitrogens with zero attached hydrogens (tertiary/aromatic N) is 4. The molecule has 0 spiro atoms. The van der Waals surface area contributed by atoms with Crippen LogP contribution in [0.1, 0.15) is 10.5 Å². The third-order valence-electron chi connectivity index (χ3n) is 4.27. The summed E-state index contributed by atoms with van der Waals surface area (Å²) in [5.74, 6) is 0.255. The lowest BCUT2D eigenvalue weighted by atomic mass is 10.3. The van der Waals surface area contributed by atoms with Gasteiger partial charge in [0.15, 0.2) is 0 Å². The summed E-state index contributed by atoms with van der Waals surface area (Å²) in [6.07, 6.45) is 4.94. The standard InChI is InChI=1S/C19H19N5O2/c25-19(17-13-20-14-24(17)15-4-2-1-3-5-15)22-18-7-6-16(12-21-18)23-8-10-26-11-9-23/h1-7,12-14H,8-11H2,(H,21,22,25). The molecule has 1 saturated heterocycles. The number of imidazole rings is 1. The van der Waals surface area contributed by atoms with Gasteiger partial charge in [-0.2, -0.15) is 0 Å². The van der Waals surface area contributed by atoms with E-state index in [0.29, 0.717) is 11.5 Å². The minimum absolute atomic E-state index is 0.252. The van der Waals surface area contributed by atoms with Crippen LogP contribution < -0.4 is 10.2 Å². The van der Waals surface area contributed by atoms with E-state index in [9.17, 15) is 4.79 Å². The van der Waals surface area contributed by atoms with Crippen LogP contribution in [0.15, 0.2) is 61.2 Å². The molecule has 1 aliphatic rings. The van der Waals surface area contributed by atoms with E-state index in [1.165, 1.54) is 0 Å². The van der Waals surface area contributed by atoms with Crippen LogP contribution in [0.2, 0.25) is 0 Å². The van der Waals surface area contributed by atoms with E-state index >= 15 is 0 Å². The van der Waals surface area contributed by atoms with Gasteiger partial charge in [0.1, 0.15) is 11.5 Å². The Labute approximate surface area is 151 Å². The summed E-state index contributed by atoms with van der Waals surface area (Å²) in [6, 6.07) is 13.4. The van der Waals surface area contributed by atoms with Crippen LogP contribution in [0.4, 0.5) is 11.5 Å². The summed E-state index contributed by atoms with van der Waals surface area (Å²) in [7, 11) is 0. The van der Waals surface area contributed by atoms with Gasteiger partial charge in [0.25, 0.3) is 5.91 Å². The van der Waals surface area contributed by atoms with E-state index < -0.39 is 0 Å². The zero-order valence-corrected chi connectivity index (χ0v) is 14.2. The number of carbonyl (C=O) groups is 1. The smallest absolute Gasteiger partial charge is 0.275 e. The first-order valence-electron chi connectivity index (χ1n) is 8.49. The van der Waals surface area contributed by atoms with Crippen molar-refractivity contribution in [2.45, 2.75) is 0 Å². The highest BCUT2D eigenvalue weighted by Gasteiger charge is 2.15. The van der Waals surface area contributed by atoms with Crippen molar-refractivity contribution < 1.29 is 9.53 Å². The number of hydrogen-bond donors (Lipinski definition) is 1. The van der Waals surface area contributed by atoms with Gasteiger partial charge in [0.05, 0.1) is 37.6 Å². The lowest BCUT2D eigenvalue weighted by molar-refractivity contribution is 0.102. The molecule has 1 amide bonds. The maximum absolute atomic E-state index is 12.6. The summed E-state index contributed by atoms with van der Waals surface area (Å²) in [4.78, 5) is 23.3. The van der Waals surface area contributed by atoms with Crippen molar-refractivity contribution in [3.8, 4) is 5.69 Å². The second-order valence-electron chi connectivity index (χ2n) is 5.94. The highest BCUT2D eigenvalue weighted by Crippen LogP contribution is 2.17. The summed E-state index contributed by atoms with van der Waals surface area (Å²) in [5, 5.41) is 2.83. The van der Waals surface area contributed by atoms with Crippen molar-refractivity contribution in [2.75, 3.05) is 36.5 Å². The lowest BCUT2D eigenvalue weighted by Gasteiger charge is -2.28. The van der Waals surface area contributed by atoms with Crippen LogP contribution in [0, 0.1) is 0 Å². The van der Waals surface area contributed by atoms with Gasteiger partial charge in [0.2, 0.25) is 0 Å². The van der Waals surface area contributed by atoms with Gasteiger partial charge in [-0.15, -0.1) is 0 Å². The molecule has 3 heterocycles. The Kier molecular flexibility index (Phi) is 4.61. The van der Waals surface area contributed by atoms with Gasteiger partial charge < -0.3 is 15.0 Å². The van der Waals surface area contributed by atoms with Gasteiger partial charge in [-0.1, -0.05) is 18.2 Å². The van der Waals surface area contributed by atoms with E-state index in [4.69, 9.17) is 4.74 Å². The van der Waals surface area contributed by atoms with Crippen LogP contribution in [0.25, 0.3) is 5.69 Å². The molecular weight excluding hydrogens is 330 g/mol. The zero-order valence-electron chi connectivity index (χ0n) is 14.2. The van der Waals surface area contributed by atoms with Gasteiger partial charge in [-0.25, -0.2) is 9.97 Å². The number of rotatable bonds is 4. The van der Waals surface area contributed by atoms with Crippen molar-refractivity contribution in [3.05, 3.63) is 66.9 Å². The average Bonchev–Trinajstić information content (AvgIpc) is 3.20. The molecule has 0 radical (unpaired) electrons. The molecule has 4 rings (SSSR count). The molecule has 1 aromatic carbocycles. The Morgan fingerprint density at radius 2 is 1.81 bits per heavy atom. The van der Waals surface area contributed by atoms with Crippen LogP contribution in [-0.2, 0) is 4.74 Å². The van der Waals surface area contributed by atoms with Crippen molar-refractivity contribution in [1.29, 1.82) is 0 Å². The van der Waals surface area contributed by atoms with Crippen molar-refractivity contribution in [3.63, 3.8) is 0 Å². The largest absolute Gasteiger partial charge is 0.378 e. The second kappa shape index (κ2) is 7.37. The number of nitrogens with one attached hydrogen (secondary N) is 1. The predicted molar refractivity (Wildman–Crippen MR) is 98.8 cm³/mol. The Morgan fingerprint density at radius 3 is 2.54 bits per heavy atom. The highest BCUT2D eigenvalue weighted by molar-refractivity contribution is 6.02. The van der Waals surface area contributed by atoms with Crippen LogP contribution >= 0.6 is 0 Å². The molecule has 2 aromatic heterocycles. The van der Waals surface area contributed by atoms with Crippen LogP contribution in [-0.4, -0.2) is 46.7 Å². The molecule has 3 aromatic rings. The maximum atomic E-state index is 12.6. The lowest BCUT2D eigenvalue weighted by Crippen LogP contribution is -2.36. The van der Waals surface area contributed by atoms with Crippen molar-refractivity contribution in [2.24, 2.45) is 0 Å². The summed E-state index contributed by atoms with van der Waals surface area (Å²) < 4.78 is 7.11. The Balaban J connectivity index is 1.48. The second-order valence-corrected chi connectivity index (χ2v) is 5.94. The van der Waals surface area contributed by atoms with E-state index in [0.717, 1.165) is 37.7 Å². The van der Waals surface area contributed by atoms with Gasteiger partial charge in [0, 0.05) is 18.8 Å². The van der Waals surface area contributed by atoms with Crippen molar-refractivity contribution in [1.82, 2.24) is 14.5 Å². The summed E-state index contributed by atoms with van der Waals surface area (Å²) >= 11 is 0. The average molecular weight is 349 g/mol. The molecule has 0 bridgehead atoms. The molecule has 0 unspecified atom stereocenters. The topological polar surface area (TPSA) is 72.3 Å². The Bertz CT molecular complexity index is 870. The molecule has 1 fully saturated rings. The molecule has 0 atom stereocenters. The molecule has 0 saturated carbocycles. The molecule has 26 heavy (non-hydrogen) atoms. The van der Waals surface area contributed by atoms with E-state index in [1.54, 1.807) is 23.3 Å². The number of anilines is 2. The highest BCUT2D eigenvalue weighted by atomic mass is 16.5. The Hall–Kier alpha value is -3.19. The monoisotopic (exact) mass is 349 g/mol. The maximum Gasteiger partial charge on any atom is 0.275 e. The van der Waals surface area contributed by atoms with Crippen LogP contribution in [0.3, 0.4) is 0 Å². The molecule has 7 heteroatoms. The summed E-state index contributed by atoms with van der Waals surface area (Å²) in [6.45, 7) is 3.15. The van der Waals surface area contributed by atoms with Crippen molar-refractivity contribution >= 4 is 17.4 Å². The molecule has 1 aliphatic heterocycles. The fourth-order valence-electron chi connectivity index (χ4n) is 2.91. The number of amides is 1. The minimum atomic E-state index is -0.252. The SMILES string of the molecule is O=C(Nc1ccc(N2CCOCC2)cn1)c1cncn1-c1ccccc1. The zero-order chi connectivity index (χ0) is 17.8. The molecule has 0 aliphatic carbocycles. The normalized spacial score (nSPS) is 14.2. The third-order valence-corrected chi connectivity index (χ3v) is 4.27. The van der Waals surface area contributed by atoms with E-state index in [2.05, 4.69) is 20.2 Å². The van der Waals surface area contributed by atoms with E-state index in [-0.39, 0.29) is 5.91 Å². The summed E-state index contributed by atoms with van der Waals surface area (Å²) in [5.41, 5.74) is 2.36. The first kappa shape index (κ1) is 16.3. The van der Waals surface area contributed by atoms with Gasteiger partial charge in [-0.05, 0) is 24.3 Å². The number of ether oxygens (including phenoxy) is 1. The third kappa shape index (κ3) is 3.43. The number of hydrogen-bond acceptors (Lipinski definition) is 5. The molecule has 132 valence electrons. The number of aromatic nitrogens is 3. The molecular formula is C19H19N5O2. The predicted octanol–water partition coefficient (Wildman–Crippen LogP) is 2.36. The number of morpholine rings is 1. The Morgan fingerprint density at radius 1 is 1.00 bits per heavy atom. The number of carbonyl (C=O) groups excluding carboxylic acids is 1. The fraction of sp³-hybridized carbons (Fsp3) is 0.211. The molecule has 1 N–H and O–H groups in total. The molecule has 7 nitrogen and oxygen atoms in total. The minimum Gasteiger partial charge on any atom is -0.378 e. The van der Waals surface area contributed by atoms with Gasteiger partial charge >= 0.3 is 0 Å². The number of benzene rings is 1. The van der Waals surface area contributed by atoms with Crippen LogP contribution in [0.5, 0.6) is 0 Å². The van der Waals surface area contributed by atoms with E-state index in [1.807, 2.05) is 42.5 Å². The first-order valence-corrected chi connectivity index (χ1v) is 8.49. The first-order chi connectivity index (χ1) is 12.8. The quantitative estimate of drug-likeness (QED) is 0.783. The fourth-order valence-corrected chi connectivity index (χ4v) is 2.91.